The van der Waals surface area contributed by atoms with Crippen molar-refractivity contribution < 1.29 is 14.3 Å². The number of carbonyl (C=O) groups excluding carboxylic acids is 1. The van der Waals surface area contributed by atoms with E-state index in [-0.39, 0.29) is 12.1 Å². The van der Waals surface area contributed by atoms with Gasteiger partial charge in [-0.2, -0.15) is 5.10 Å². The van der Waals surface area contributed by atoms with Crippen LogP contribution in [0.25, 0.3) is 11.1 Å². The molecule has 1 fully saturated rings. The first-order valence-electron chi connectivity index (χ1n) is 8.42. The molecule has 7 nitrogen and oxygen atoms in total. The second kappa shape index (κ2) is 8.13. The summed E-state index contributed by atoms with van der Waals surface area (Å²) in [5.74, 6) is 0.565. The fourth-order valence-corrected chi connectivity index (χ4v) is 3.00. The molecule has 2 aromatic rings. The number of carbonyl (C=O) groups is 1. The number of rotatable bonds is 5. The van der Waals surface area contributed by atoms with Crippen LogP contribution < -0.4 is 5.32 Å². The third-order valence-electron chi connectivity index (χ3n) is 4.28. The summed E-state index contributed by atoms with van der Waals surface area (Å²) < 4.78 is 12.4. The molecule has 3 rings (SSSR count). The van der Waals surface area contributed by atoms with Crippen LogP contribution in [0, 0.1) is 0 Å². The van der Waals surface area contributed by atoms with Crippen LogP contribution in [0.2, 0.25) is 0 Å². The largest absolute Gasteiger partial charge is 0.385 e. The molecule has 0 saturated carbocycles. The highest BCUT2D eigenvalue weighted by Crippen LogP contribution is 2.27. The number of benzene rings is 1. The maximum Gasteiger partial charge on any atom is 0.323 e. The Morgan fingerprint density at radius 3 is 2.96 bits per heavy atom. The second-order valence-corrected chi connectivity index (χ2v) is 6.06. The van der Waals surface area contributed by atoms with E-state index in [4.69, 9.17) is 9.47 Å². The van der Waals surface area contributed by atoms with Crippen molar-refractivity contribution in [1.82, 2.24) is 14.7 Å². The van der Waals surface area contributed by atoms with Crippen LogP contribution in [-0.4, -0.2) is 60.2 Å². The number of anilines is 1. The Labute approximate surface area is 147 Å². The number of hydrogen-bond donors (Lipinski definition) is 1. The first kappa shape index (κ1) is 17.4. The van der Waals surface area contributed by atoms with Crippen molar-refractivity contribution in [3.63, 3.8) is 0 Å². The van der Waals surface area contributed by atoms with Crippen LogP contribution in [0.15, 0.2) is 36.5 Å². The Balaban J connectivity index is 1.76. The fraction of sp³-hybridized carbons (Fsp3) is 0.444. The lowest BCUT2D eigenvalue weighted by Gasteiger charge is -2.35. The lowest BCUT2D eigenvalue weighted by molar-refractivity contribution is 0.00448. The summed E-state index contributed by atoms with van der Waals surface area (Å²) in [6.07, 6.45) is 2.66. The van der Waals surface area contributed by atoms with Crippen molar-refractivity contribution in [1.29, 1.82) is 0 Å². The summed E-state index contributed by atoms with van der Waals surface area (Å²) in [6.45, 7) is 2.24. The summed E-state index contributed by atoms with van der Waals surface area (Å²) in [4.78, 5) is 14.6. The molecule has 1 atom stereocenters. The molecule has 1 aromatic heterocycles. The zero-order valence-electron chi connectivity index (χ0n) is 14.6. The molecule has 0 radical (unpaired) electrons. The standard InChI is InChI=1S/C18H24N4O3/c1-21-12-16(14-6-4-3-5-7-14)17(20-21)19-18(23)22-9-11-25-13-15(22)8-10-24-2/h3-7,12,15H,8-11,13H2,1-2H3,(H,19,20,23). The molecule has 7 heteroatoms. The highest BCUT2D eigenvalue weighted by atomic mass is 16.5. The van der Waals surface area contributed by atoms with E-state index in [1.54, 1.807) is 11.8 Å². The van der Waals surface area contributed by atoms with Gasteiger partial charge in [0.2, 0.25) is 0 Å². The lowest BCUT2D eigenvalue weighted by atomic mass is 10.1. The molecule has 25 heavy (non-hydrogen) atoms. The minimum atomic E-state index is -0.153. The minimum absolute atomic E-state index is 0.0117. The molecule has 134 valence electrons. The maximum absolute atomic E-state index is 12.8. The number of aryl methyl sites for hydroxylation is 1. The number of urea groups is 1. The van der Waals surface area contributed by atoms with E-state index in [9.17, 15) is 4.79 Å². The van der Waals surface area contributed by atoms with E-state index >= 15 is 0 Å². The number of morpholine rings is 1. The van der Waals surface area contributed by atoms with Gasteiger partial charge >= 0.3 is 6.03 Å². The van der Waals surface area contributed by atoms with Crippen LogP contribution >= 0.6 is 0 Å². The number of methoxy groups -OCH3 is 1. The molecular weight excluding hydrogens is 320 g/mol. The smallest absolute Gasteiger partial charge is 0.323 e. The van der Waals surface area contributed by atoms with Gasteiger partial charge in [0.1, 0.15) is 0 Å². The quantitative estimate of drug-likeness (QED) is 0.904. The van der Waals surface area contributed by atoms with E-state index in [1.165, 1.54) is 0 Å². The molecule has 1 aromatic carbocycles. The van der Waals surface area contributed by atoms with Crippen LogP contribution in [0.4, 0.5) is 10.6 Å². The first-order chi connectivity index (χ1) is 12.2. The number of aromatic nitrogens is 2. The Morgan fingerprint density at radius 1 is 1.40 bits per heavy atom. The van der Waals surface area contributed by atoms with Gasteiger partial charge < -0.3 is 14.4 Å². The summed E-state index contributed by atoms with van der Waals surface area (Å²) >= 11 is 0. The Kier molecular flexibility index (Phi) is 5.67. The predicted molar refractivity (Wildman–Crippen MR) is 95.5 cm³/mol. The number of hydrogen-bond acceptors (Lipinski definition) is 4. The molecule has 1 N–H and O–H groups in total. The van der Waals surface area contributed by atoms with Crippen LogP contribution in [-0.2, 0) is 16.5 Å². The zero-order valence-corrected chi connectivity index (χ0v) is 14.6. The third-order valence-corrected chi connectivity index (χ3v) is 4.28. The summed E-state index contributed by atoms with van der Waals surface area (Å²) in [5, 5.41) is 7.38. The molecule has 1 saturated heterocycles. The SMILES string of the molecule is COCCC1COCCN1C(=O)Nc1nn(C)cc1-c1ccccc1. The van der Waals surface area contributed by atoms with Crippen molar-refractivity contribution in [2.24, 2.45) is 7.05 Å². The maximum atomic E-state index is 12.8. The molecule has 0 aliphatic carbocycles. The van der Waals surface area contributed by atoms with Gasteiger partial charge in [0.05, 0.1) is 19.3 Å². The molecule has 2 heterocycles. The molecule has 1 aliphatic heterocycles. The molecular formula is C18H24N4O3. The monoisotopic (exact) mass is 344 g/mol. The molecule has 0 spiro atoms. The van der Waals surface area contributed by atoms with Crippen molar-refractivity contribution >= 4 is 11.8 Å². The first-order valence-corrected chi connectivity index (χ1v) is 8.42. The molecule has 1 aliphatic rings. The third kappa shape index (κ3) is 4.18. The normalized spacial score (nSPS) is 17.5. The number of nitrogens with one attached hydrogen (secondary N) is 1. The number of amides is 2. The Morgan fingerprint density at radius 2 is 2.20 bits per heavy atom. The summed E-state index contributed by atoms with van der Waals surface area (Å²) in [7, 11) is 3.51. The van der Waals surface area contributed by atoms with Gasteiger partial charge in [-0.15, -0.1) is 0 Å². The van der Waals surface area contributed by atoms with Crippen LogP contribution in [0.3, 0.4) is 0 Å². The zero-order chi connectivity index (χ0) is 17.6. The lowest BCUT2D eigenvalue weighted by Crippen LogP contribution is -2.50. The van der Waals surface area contributed by atoms with Crippen LogP contribution in [0.1, 0.15) is 6.42 Å². The summed E-state index contributed by atoms with van der Waals surface area (Å²) in [5.41, 5.74) is 1.92. The van der Waals surface area contributed by atoms with E-state index in [0.29, 0.717) is 32.2 Å². The average molecular weight is 344 g/mol. The van der Waals surface area contributed by atoms with E-state index in [2.05, 4.69) is 10.4 Å². The highest BCUT2D eigenvalue weighted by Gasteiger charge is 2.28. The summed E-state index contributed by atoms with van der Waals surface area (Å²) in [6, 6.07) is 9.77. The number of ether oxygens (including phenoxy) is 2. The average Bonchev–Trinajstić information content (AvgIpc) is 3.01. The Hall–Kier alpha value is -2.38. The van der Waals surface area contributed by atoms with Crippen molar-refractivity contribution in [2.45, 2.75) is 12.5 Å². The van der Waals surface area contributed by atoms with Crippen molar-refractivity contribution in [3.8, 4) is 11.1 Å². The fourth-order valence-electron chi connectivity index (χ4n) is 3.00. The van der Waals surface area contributed by atoms with Gasteiger partial charge in [0.25, 0.3) is 0 Å². The van der Waals surface area contributed by atoms with Gasteiger partial charge in [-0.05, 0) is 12.0 Å². The van der Waals surface area contributed by atoms with Crippen molar-refractivity contribution in [2.75, 3.05) is 38.8 Å². The Bertz CT molecular complexity index is 702. The van der Waals surface area contributed by atoms with Gasteiger partial charge in [0.15, 0.2) is 5.82 Å². The topological polar surface area (TPSA) is 68.6 Å². The molecule has 1 unspecified atom stereocenters. The highest BCUT2D eigenvalue weighted by molar-refractivity contribution is 5.93. The number of nitrogens with zero attached hydrogens (tertiary/aromatic N) is 3. The van der Waals surface area contributed by atoms with Crippen molar-refractivity contribution in [3.05, 3.63) is 36.5 Å². The van der Waals surface area contributed by atoms with Gasteiger partial charge in [0, 0.05) is 39.1 Å². The second-order valence-electron chi connectivity index (χ2n) is 6.06. The van der Waals surface area contributed by atoms with Gasteiger partial charge in [-0.25, -0.2) is 4.79 Å². The minimum Gasteiger partial charge on any atom is -0.385 e. The molecule has 2 amide bonds. The van der Waals surface area contributed by atoms with E-state index in [0.717, 1.165) is 17.5 Å². The van der Waals surface area contributed by atoms with Crippen LogP contribution in [0.5, 0.6) is 0 Å². The van der Waals surface area contributed by atoms with Gasteiger partial charge in [-0.1, -0.05) is 30.3 Å². The predicted octanol–water partition coefficient (Wildman–Crippen LogP) is 2.36. The molecule has 0 bridgehead atoms. The van der Waals surface area contributed by atoms with E-state index in [1.807, 2.05) is 48.5 Å². The van der Waals surface area contributed by atoms with Gasteiger partial charge in [-0.3, -0.25) is 10.00 Å². The van der Waals surface area contributed by atoms with E-state index < -0.39 is 0 Å².